The average Bonchev–Trinajstić information content (AvgIpc) is 2.20. The number of benzene rings is 1. The van der Waals surface area contributed by atoms with E-state index in [1.165, 1.54) is 6.07 Å². The van der Waals surface area contributed by atoms with Crippen LogP contribution in [0.5, 0.6) is 0 Å². The molecule has 0 bridgehead atoms. The molecule has 3 N–H and O–H groups in total. The number of hydrogen-bond donors (Lipinski definition) is 2. The topological polar surface area (TPSA) is 55.1 Å². The Morgan fingerprint density at radius 1 is 1.33 bits per heavy atom. The van der Waals surface area contributed by atoms with Crippen LogP contribution in [-0.2, 0) is 11.3 Å². The molecule has 0 saturated carbocycles. The summed E-state index contributed by atoms with van der Waals surface area (Å²) in [6, 6.07) is 3.50. The first kappa shape index (κ1) is 11.6. The molecule has 5 heteroatoms. The number of nitrogens with one attached hydrogen (secondary N) is 1. The molecule has 0 spiro atoms. The quantitative estimate of drug-likeness (QED) is 0.783. The van der Waals surface area contributed by atoms with E-state index in [9.17, 15) is 13.6 Å². The Morgan fingerprint density at radius 3 is 2.67 bits per heavy atom. The van der Waals surface area contributed by atoms with Crippen LogP contribution in [-0.4, -0.2) is 12.5 Å². The average molecular weight is 214 g/mol. The van der Waals surface area contributed by atoms with Gasteiger partial charge in [0, 0.05) is 19.5 Å². The molecule has 0 aromatic heterocycles. The van der Waals surface area contributed by atoms with Gasteiger partial charge in [0.15, 0.2) is 11.6 Å². The van der Waals surface area contributed by atoms with Gasteiger partial charge in [0.05, 0.1) is 0 Å². The van der Waals surface area contributed by atoms with Crippen molar-refractivity contribution in [2.24, 2.45) is 5.73 Å². The molecule has 0 aliphatic heterocycles. The minimum atomic E-state index is -0.916. The van der Waals surface area contributed by atoms with Crippen molar-refractivity contribution in [1.82, 2.24) is 5.32 Å². The Bertz CT molecular complexity index is 355. The molecule has 1 aromatic rings. The van der Waals surface area contributed by atoms with Crippen molar-refractivity contribution in [3.05, 3.63) is 35.4 Å². The number of rotatable bonds is 4. The minimum Gasteiger partial charge on any atom is -0.352 e. The molecule has 3 nitrogen and oxygen atoms in total. The first-order chi connectivity index (χ1) is 7.13. The maximum Gasteiger partial charge on any atom is 0.221 e. The van der Waals surface area contributed by atoms with E-state index >= 15 is 0 Å². The summed E-state index contributed by atoms with van der Waals surface area (Å²) in [4.78, 5) is 11.0. The summed E-state index contributed by atoms with van der Waals surface area (Å²) in [7, 11) is 0. The van der Waals surface area contributed by atoms with Crippen molar-refractivity contribution in [2.75, 3.05) is 6.54 Å². The smallest absolute Gasteiger partial charge is 0.221 e. The predicted molar refractivity (Wildman–Crippen MR) is 51.9 cm³/mol. The van der Waals surface area contributed by atoms with Gasteiger partial charge in [-0.15, -0.1) is 0 Å². The van der Waals surface area contributed by atoms with E-state index in [0.29, 0.717) is 5.56 Å². The second kappa shape index (κ2) is 5.41. The highest BCUT2D eigenvalue weighted by atomic mass is 19.2. The monoisotopic (exact) mass is 214 g/mol. The maximum absolute atomic E-state index is 12.7. The van der Waals surface area contributed by atoms with Gasteiger partial charge in [0.2, 0.25) is 5.91 Å². The van der Waals surface area contributed by atoms with Crippen LogP contribution in [0.4, 0.5) is 8.78 Å². The highest BCUT2D eigenvalue weighted by Crippen LogP contribution is 2.08. The fourth-order valence-corrected chi connectivity index (χ4v) is 1.07. The number of carbonyl (C=O) groups excluding carboxylic acids is 1. The summed E-state index contributed by atoms with van der Waals surface area (Å²) in [6.45, 7) is 0.444. The first-order valence-electron chi connectivity index (χ1n) is 4.54. The summed E-state index contributed by atoms with van der Waals surface area (Å²) in [5, 5.41) is 2.54. The fourth-order valence-electron chi connectivity index (χ4n) is 1.07. The summed E-state index contributed by atoms with van der Waals surface area (Å²) in [6.07, 6.45) is 0.226. The molecule has 0 saturated heterocycles. The zero-order chi connectivity index (χ0) is 11.3. The molecular weight excluding hydrogens is 202 g/mol. The van der Waals surface area contributed by atoms with Gasteiger partial charge in [-0.25, -0.2) is 8.78 Å². The lowest BCUT2D eigenvalue weighted by atomic mass is 10.2. The Balaban J connectivity index is 2.51. The largest absolute Gasteiger partial charge is 0.352 e. The molecule has 0 unspecified atom stereocenters. The van der Waals surface area contributed by atoms with Gasteiger partial charge in [0.25, 0.3) is 0 Å². The zero-order valence-corrected chi connectivity index (χ0v) is 8.09. The standard InChI is InChI=1S/C10H12F2N2O/c11-8-2-1-7(5-9(8)12)6-14-10(15)3-4-13/h1-2,5H,3-4,6,13H2,(H,14,15). The Labute approximate surface area is 86.3 Å². The maximum atomic E-state index is 12.7. The lowest BCUT2D eigenvalue weighted by Crippen LogP contribution is -2.25. The third-order valence-corrected chi connectivity index (χ3v) is 1.85. The molecule has 82 valence electrons. The second-order valence-electron chi connectivity index (χ2n) is 3.06. The van der Waals surface area contributed by atoms with E-state index < -0.39 is 11.6 Å². The van der Waals surface area contributed by atoms with Gasteiger partial charge >= 0.3 is 0 Å². The van der Waals surface area contributed by atoms with Crippen LogP contribution < -0.4 is 11.1 Å². The van der Waals surface area contributed by atoms with E-state index in [1.807, 2.05) is 0 Å². The molecule has 1 amide bonds. The van der Waals surface area contributed by atoms with Gasteiger partial charge in [-0.3, -0.25) is 4.79 Å². The SMILES string of the molecule is NCCC(=O)NCc1ccc(F)c(F)c1. The van der Waals surface area contributed by atoms with Crippen LogP contribution >= 0.6 is 0 Å². The molecule has 0 aliphatic carbocycles. The lowest BCUT2D eigenvalue weighted by Gasteiger charge is -2.04. The highest BCUT2D eigenvalue weighted by molar-refractivity contribution is 5.75. The first-order valence-corrected chi connectivity index (χ1v) is 4.54. The number of amides is 1. The number of halogens is 2. The van der Waals surface area contributed by atoms with Gasteiger partial charge in [-0.2, -0.15) is 0 Å². The number of nitrogens with two attached hydrogens (primary N) is 1. The third kappa shape index (κ3) is 3.63. The van der Waals surface area contributed by atoms with E-state index in [-0.39, 0.29) is 25.4 Å². The van der Waals surface area contributed by atoms with E-state index in [0.717, 1.165) is 12.1 Å². The van der Waals surface area contributed by atoms with Crippen molar-refractivity contribution in [3.8, 4) is 0 Å². The molecule has 1 aromatic carbocycles. The summed E-state index contributed by atoms with van der Waals surface area (Å²) in [5.74, 6) is -2.02. The molecule has 0 aliphatic rings. The second-order valence-corrected chi connectivity index (χ2v) is 3.06. The molecule has 0 atom stereocenters. The number of hydrogen-bond acceptors (Lipinski definition) is 2. The zero-order valence-electron chi connectivity index (χ0n) is 8.09. The van der Waals surface area contributed by atoms with Crippen molar-refractivity contribution >= 4 is 5.91 Å². The Hall–Kier alpha value is -1.49. The Kier molecular flexibility index (Phi) is 4.17. The van der Waals surface area contributed by atoms with Crippen LogP contribution in [0.15, 0.2) is 18.2 Å². The lowest BCUT2D eigenvalue weighted by molar-refractivity contribution is -0.121. The van der Waals surface area contributed by atoms with Crippen LogP contribution in [0.25, 0.3) is 0 Å². The van der Waals surface area contributed by atoms with Crippen molar-refractivity contribution in [1.29, 1.82) is 0 Å². The molecular formula is C10H12F2N2O. The van der Waals surface area contributed by atoms with Crippen LogP contribution in [0, 0.1) is 11.6 Å². The van der Waals surface area contributed by atoms with Gasteiger partial charge in [-0.05, 0) is 17.7 Å². The van der Waals surface area contributed by atoms with E-state index in [4.69, 9.17) is 5.73 Å². The Morgan fingerprint density at radius 2 is 2.07 bits per heavy atom. The normalized spacial score (nSPS) is 10.1. The van der Waals surface area contributed by atoms with Crippen molar-refractivity contribution < 1.29 is 13.6 Å². The summed E-state index contributed by atoms with van der Waals surface area (Å²) < 4.78 is 25.3. The summed E-state index contributed by atoms with van der Waals surface area (Å²) in [5.41, 5.74) is 5.69. The third-order valence-electron chi connectivity index (χ3n) is 1.85. The number of carbonyl (C=O) groups is 1. The molecule has 1 rings (SSSR count). The predicted octanol–water partition coefficient (Wildman–Crippen LogP) is 0.930. The van der Waals surface area contributed by atoms with Crippen molar-refractivity contribution in [2.45, 2.75) is 13.0 Å². The minimum absolute atomic E-state index is 0.177. The van der Waals surface area contributed by atoms with E-state index in [1.54, 1.807) is 0 Å². The molecule has 0 radical (unpaired) electrons. The van der Waals surface area contributed by atoms with E-state index in [2.05, 4.69) is 5.32 Å². The molecule has 15 heavy (non-hydrogen) atoms. The summed E-state index contributed by atoms with van der Waals surface area (Å²) >= 11 is 0. The van der Waals surface area contributed by atoms with Crippen molar-refractivity contribution in [3.63, 3.8) is 0 Å². The van der Waals surface area contributed by atoms with Crippen LogP contribution in [0.1, 0.15) is 12.0 Å². The van der Waals surface area contributed by atoms with Gasteiger partial charge < -0.3 is 11.1 Å². The fraction of sp³-hybridized carbons (Fsp3) is 0.300. The molecule has 0 heterocycles. The highest BCUT2D eigenvalue weighted by Gasteiger charge is 2.03. The van der Waals surface area contributed by atoms with Crippen LogP contribution in [0.3, 0.4) is 0 Å². The van der Waals surface area contributed by atoms with Gasteiger partial charge in [0.1, 0.15) is 0 Å². The molecule has 0 fully saturated rings. The van der Waals surface area contributed by atoms with Crippen LogP contribution in [0.2, 0.25) is 0 Å². The van der Waals surface area contributed by atoms with Gasteiger partial charge in [-0.1, -0.05) is 6.07 Å².